The van der Waals surface area contributed by atoms with Crippen molar-refractivity contribution in [3.63, 3.8) is 0 Å². The number of hydrogen-bond donors (Lipinski definition) is 2. The molecule has 0 radical (unpaired) electrons. The maximum atomic E-state index is 5.78. The van der Waals surface area contributed by atoms with Crippen molar-refractivity contribution in [3.8, 4) is 0 Å². The third kappa shape index (κ3) is 10.2. The van der Waals surface area contributed by atoms with E-state index in [1.807, 2.05) is 18.2 Å². The fourth-order valence-corrected chi connectivity index (χ4v) is 2.20. The molecule has 0 spiro atoms. The molecular weight excluding hydrogens is 300 g/mol. The zero-order chi connectivity index (χ0) is 17.6. The van der Waals surface area contributed by atoms with Gasteiger partial charge in [0.25, 0.3) is 0 Å². The van der Waals surface area contributed by atoms with Gasteiger partial charge in [-0.25, -0.2) is 0 Å². The van der Waals surface area contributed by atoms with Crippen molar-refractivity contribution in [1.29, 1.82) is 0 Å². The Morgan fingerprint density at radius 2 is 1.96 bits per heavy atom. The van der Waals surface area contributed by atoms with Crippen molar-refractivity contribution in [1.82, 2.24) is 15.5 Å². The Bertz CT molecular complexity index is 448. The summed E-state index contributed by atoms with van der Waals surface area (Å²) in [6.45, 7) is 9.29. The van der Waals surface area contributed by atoms with Crippen LogP contribution in [0.5, 0.6) is 0 Å². The highest BCUT2D eigenvalue weighted by molar-refractivity contribution is 5.79. The summed E-state index contributed by atoms with van der Waals surface area (Å²) in [6.07, 6.45) is 1.10. The monoisotopic (exact) mass is 334 g/mol. The van der Waals surface area contributed by atoms with Gasteiger partial charge in [0, 0.05) is 19.6 Å². The van der Waals surface area contributed by atoms with E-state index in [2.05, 4.69) is 60.6 Å². The summed E-state index contributed by atoms with van der Waals surface area (Å²) in [5, 5.41) is 6.68. The van der Waals surface area contributed by atoms with Crippen molar-refractivity contribution >= 4 is 5.96 Å². The minimum absolute atomic E-state index is 0.394. The Balaban J connectivity index is 2.25. The molecule has 1 aromatic carbocycles. The minimum Gasteiger partial charge on any atom is -0.376 e. The first kappa shape index (κ1) is 20.5. The summed E-state index contributed by atoms with van der Waals surface area (Å²) in [4.78, 5) is 6.85. The summed E-state index contributed by atoms with van der Waals surface area (Å²) >= 11 is 0. The van der Waals surface area contributed by atoms with E-state index in [4.69, 9.17) is 4.74 Å². The zero-order valence-electron chi connectivity index (χ0n) is 15.7. The van der Waals surface area contributed by atoms with Crippen molar-refractivity contribution in [3.05, 3.63) is 35.9 Å². The van der Waals surface area contributed by atoms with Crippen LogP contribution in [0, 0.1) is 5.92 Å². The van der Waals surface area contributed by atoms with Crippen LogP contribution in [0.3, 0.4) is 0 Å². The number of guanidine groups is 1. The van der Waals surface area contributed by atoms with Crippen LogP contribution in [0.1, 0.15) is 25.8 Å². The number of nitrogens with one attached hydrogen (secondary N) is 2. The van der Waals surface area contributed by atoms with Crippen molar-refractivity contribution < 1.29 is 4.74 Å². The van der Waals surface area contributed by atoms with Gasteiger partial charge < -0.3 is 20.3 Å². The Hall–Kier alpha value is -1.59. The molecule has 0 amide bonds. The number of ether oxygens (including phenoxy) is 1. The summed E-state index contributed by atoms with van der Waals surface area (Å²) in [5.74, 6) is 1.29. The van der Waals surface area contributed by atoms with Gasteiger partial charge in [-0.15, -0.1) is 0 Å². The van der Waals surface area contributed by atoms with E-state index in [1.165, 1.54) is 5.56 Å². The Kier molecular flexibility index (Phi) is 10.9. The average Bonchev–Trinajstić information content (AvgIpc) is 2.57. The Morgan fingerprint density at radius 1 is 1.21 bits per heavy atom. The highest BCUT2D eigenvalue weighted by Gasteiger charge is 2.04. The van der Waals surface area contributed by atoms with Gasteiger partial charge in [-0.3, -0.25) is 4.99 Å². The fraction of sp³-hybridized carbons (Fsp3) is 0.632. The first-order valence-electron chi connectivity index (χ1n) is 8.90. The lowest BCUT2D eigenvalue weighted by Gasteiger charge is -2.15. The molecule has 1 unspecified atom stereocenters. The van der Waals surface area contributed by atoms with E-state index in [1.54, 1.807) is 0 Å². The van der Waals surface area contributed by atoms with Gasteiger partial charge in [0.05, 0.1) is 13.2 Å². The quantitative estimate of drug-likeness (QED) is 0.370. The molecule has 0 fully saturated rings. The molecule has 5 heteroatoms. The molecule has 2 N–H and O–H groups in total. The molecular formula is C19H34N4O. The van der Waals surface area contributed by atoms with Crippen molar-refractivity contribution in [2.24, 2.45) is 10.9 Å². The highest BCUT2D eigenvalue weighted by atomic mass is 16.5. The molecule has 0 aromatic heterocycles. The molecule has 136 valence electrons. The number of nitrogens with zero attached hydrogens (tertiary/aromatic N) is 2. The maximum Gasteiger partial charge on any atom is 0.191 e. The molecule has 1 atom stereocenters. The van der Waals surface area contributed by atoms with E-state index < -0.39 is 0 Å². The van der Waals surface area contributed by atoms with Crippen LogP contribution in [0.25, 0.3) is 0 Å². The standard InChI is InChI=1S/C19H34N4O/c1-5-20-19(21-12-9-13-23(3)4)22-14-17(2)15-24-16-18-10-7-6-8-11-18/h6-8,10-11,17H,5,9,12-16H2,1-4H3,(H2,20,21,22). The summed E-state index contributed by atoms with van der Waals surface area (Å²) < 4.78 is 5.78. The molecule has 0 bridgehead atoms. The molecule has 0 heterocycles. The van der Waals surface area contributed by atoms with Crippen LogP contribution in [0.2, 0.25) is 0 Å². The van der Waals surface area contributed by atoms with E-state index in [0.29, 0.717) is 12.5 Å². The predicted octanol–water partition coefficient (Wildman–Crippen LogP) is 2.35. The first-order chi connectivity index (χ1) is 11.6. The zero-order valence-corrected chi connectivity index (χ0v) is 15.7. The lowest BCUT2D eigenvalue weighted by molar-refractivity contribution is 0.0945. The van der Waals surface area contributed by atoms with Crippen molar-refractivity contribution in [2.45, 2.75) is 26.9 Å². The van der Waals surface area contributed by atoms with Crippen LogP contribution < -0.4 is 10.6 Å². The van der Waals surface area contributed by atoms with E-state index >= 15 is 0 Å². The van der Waals surface area contributed by atoms with Gasteiger partial charge in [0.1, 0.15) is 0 Å². The van der Waals surface area contributed by atoms with Gasteiger partial charge >= 0.3 is 0 Å². The average molecular weight is 335 g/mol. The molecule has 0 aliphatic carbocycles. The SMILES string of the molecule is CCNC(=NCC(C)COCc1ccccc1)NCCCN(C)C. The van der Waals surface area contributed by atoms with E-state index in [9.17, 15) is 0 Å². The van der Waals surface area contributed by atoms with Crippen molar-refractivity contribution in [2.75, 3.05) is 46.9 Å². The van der Waals surface area contributed by atoms with Gasteiger partial charge in [-0.2, -0.15) is 0 Å². The number of hydrogen-bond acceptors (Lipinski definition) is 3. The van der Waals surface area contributed by atoms with Crippen LogP contribution in [0.4, 0.5) is 0 Å². The normalized spacial score (nSPS) is 13.1. The molecule has 0 aliphatic rings. The Labute approximate surface area is 147 Å². The molecule has 0 aliphatic heterocycles. The summed E-state index contributed by atoms with van der Waals surface area (Å²) in [7, 11) is 4.19. The lowest BCUT2D eigenvalue weighted by Crippen LogP contribution is -2.38. The number of benzene rings is 1. The number of rotatable bonds is 11. The van der Waals surface area contributed by atoms with Gasteiger partial charge in [0.2, 0.25) is 0 Å². The molecule has 24 heavy (non-hydrogen) atoms. The second kappa shape index (κ2) is 12.8. The minimum atomic E-state index is 0.394. The van der Waals surface area contributed by atoms with Gasteiger partial charge in [-0.1, -0.05) is 37.3 Å². The van der Waals surface area contributed by atoms with E-state index in [-0.39, 0.29) is 0 Å². The molecule has 0 saturated heterocycles. The fourth-order valence-electron chi connectivity index (χ4n) is 2.20. The van der Waals surface area contributed by atoms with Crippen LogP contribution in [0.15, 0.2) is 35.3 Å². The van der Waals surface area contributed by atoms with Gasteiger partial charge in [-0.05, 0) is 45.5 Å². The van der Waals surface area contributed by atoms with Crippen LogP contribution in [-0.4, -0.2) is 57.7 Å². The molecule has 5 nitrogen and oxygen atoms in total. The maximum absolute atomic E-state index is 5.78. The largest absolute Gasteiger partial charge is 0.376 e. The smallest absolute Gasteiger partial charge is 0.191 e. The first-order valence-corrected chi connectivity index (χ1v) is 8.90. The summed E-state index contributed by atoms with van der Waals surface area (Å²) in [5.41, 5.74) is 1.21. The topological polar surface area (TPSA) is 48.9 Å². The second-order valence-corrected chi connectivity index (χ2v) is 6.41. The highest BCUT2D eigenvalue weighted by Crippen LogP contribution is 2.03. The van der Waals surface area contributed by atoms with Gasteiger partial charge in [0.15, 0.2) is 5.96 Å². The summed E-state index contributed by atoms with van der Waals surface area (Å²) in [6, 6.07) is 10.3. The Morgan fingerprint density at radius 3 is 2.62 bits per heavy atom. The molecule has 1 rings (SSSR count). The molecule has 0 saturated carbocycles. The number of aliphatic imine (C=N–C) groups is 1. The second-order valence-electron chi connectivity index (χ2n) is 6.41. The molecule has 1 aromatic rings. The van der Waals surface area contributed by atoms with Crippen LogP contribution in [-0.2, 0) is 11.3 Å². The third-order valence-electron chi connectivity index (χ3n) is 3.49. The third-order valence-corrected chi connectivity index (χ3v) is 3.49. The van der Waals surface area contributed by atoms with Crippen LogP contribution >= 0.6 is 0 Å². The lowest BCUT2D eigenvalue weighted by atomic mass is 10.2. The predicted molar refractivity (Wildman–Crippen MR) is 102 cm³/mol. The van der Waals surface area contributed by atoms with E-state index in [0.717, 1.165) is 45.2 Å².